The van der Waals surface area contributed by atoms with Crippen molar-refractivity contribution in [1.82, 2.24) is 0 Å². The molecule has 0 aromatic heterocycles. The molecule has 0 radical (unpaired) electrons. The molecule has 2 aliphatic rings. The van der Waals surface area contributed by atoms with Gasteiger partial charge in [0.15, 0.2) is 0 Å². The molecule has 2 fully saturated rings. The summed E-state index contributed by atoms with van der Waals surface area (Å²) in [5, 5.41) is 0. The summed E-state index contributed by atoms with van der Waals surface area (Å²) >= 11 is 0. The first-order valence-electron chi connectivity index (χ1n) is 8.94. The minimum absolute atomic E-state index is 0.00207. The van der Waals surface area contributed by atoms with Crippen molar-refractivity contribution in [2.75, 3.05) is 23.5 Å². The van der Waals surface area contributed by atoms with Gasteiger partial charge in [-0.05, 0) is 55.2 Å². The molecule has 0 bridgehead atoms. The van der Waals surface area contributed by atoms with E-state index in [4.69, 9.17) is 0 Å². The van der Waals surface area contributed by atoms with Crippen LogP contribution in [0.15, 0.2) is 24.3 Å². The minimum atomic E-state index is -2.87. The zero-order valence-electron chi connectivity index (χ0n) is 14.6. The van der Waals surface area contributed by atoms with Gasteiger partial charge in [-0.25, -0.2) is 8.42 Å². The van der Waals surface area contributed by atoms with Gasteiger partial charge in [0.2, 0.25) is 5.91 Å². The molecular weight excluding hydrogens is 322 g/mol. The van der Waals surface area contributed by atoms with E-state index in [0.717, 1.165) is 18.5 Å². The number of benzene rings is 1. The normalized spacial score (nSPS) is 23.8. The molecule has 1 aromatic carbocycles. The molecule has 1 atom stereocenters. The van der Waals surface area contributed by atoms with Gasteiger partial charge in [0.25, 0.3) is 0 Å². The molecule has 1 saturated carbocycles. The average molecular weight is 349 g/mol. The fourth-order valence-electron chi connectivity index (χ4n) is 3.82. The van der Waals surface area contributed by atoms with E-state index in [1.54, 1.807) is 4.90 Å². The molecule has 1 heterocycles. The zero-order valence-corrected chi connectivity index (χ0v) is 15.4. The lowest BCUT2D eigenvalue weighted by molar-refractivity contribution is -0.120. The first-order chi connectivity index (χ1) is 11.4. The number of unbranched alkanes of at least 4 members (excludes halogenated alkanes) is 1. The Labute approximate surface area is 145 Å². The maximum Gasteiger partial charge on any atom is 0.230 e. The van der Waals surface area contributed by atoms with Crippen LogP contribution in [0.25, 0.3) is 0 Å². The first-order valence-corrected chi connectivity index (χ1v) is 10.8. The zero-order chi connectivity index (χ0) is 17.4. The lowest BCUT2D eigenvalue weighted by atomic mass is 9.96. The van der Waals surface area contributed by atoms with Gasteiger partial charge in [0.1, 0.15) is 9.84 Å². The molecule has 0 N–H and O–H groups in total. The second kappa shape index (κ2) is 6.51. The summed E-state index contributed by atoms with van der Waals surface area (Å²) in [6.45, 7) is 2.18. The van der Waals surface area contributed by atoms with E-state index >= 15 is 0 Å². The molecule has 132 valence electrons. The third kappa shape index (κ3) is 3.51. The third-order valence-electron chi connectivity index (χ3n) is 5.78. The maximum atomic E-state index is 12.8. The van der Waals surface area contributed by atoms with Crippen molar-refractivity contribution in [3.8, 4) is 0 Å². The van der Waals surface area contributed by atoms with E-state index in [2.05, 4.69) is 19.1 Å². The highest BCUT2D eigenvalue weighted by Gasteiger charge is 2.60. The summed E-state index contributed by atoms with van der Waals surface area (Å²) in [7, 11) is -1.04. The van der Waals surface area contributed by atoms with Gasteiger partial charge in [-0.3, -0.25) is 4.79 Å². The Morgan fingerprint density at radius 1 is 1.21 bits per heavy atom. The molecule has 0 unspecified atom stereocenters. The number of sulfone groups is 1. The summed E-state index contributed by atoms with van der Waals surface area (Å²) in [6, 6.07) is 8.24. The Hall–Kier alpha value is -1.36. The summed E-state index contributed by atoms with van der Waals surface area (Å²) < 4.78 is 23.2. The molecule has 1 saturated heterocycles. The van der Waals surface area contributed by atoms with Gasteiger partial charge in [0.05, 0.1) is 11.5 Å². The second-order valence-electron chi connectivity index (χ2n) is 7.44. The molecule has 3 rings (SSSR count). The standard InChI is InChI=1S/C19H27NO3S/c1-3-4-5-15-6-8-16(9-7-15)20(2)18(21)17-14-19(17)10-12-24(22,23)13-11-19/h6-9,17H,3-5,10-14H2,1-2H3/t17-/m0/s1. The lowest BCUT2D eigenvalue weighted by Gasteiger charge is -2.24. The highest BCUT2D eigenvalue weighted by atomic mass is 32.2. The van der Waals surface area contributed by atoms with Crippen molar-refractivity contribution in [3.63, 3.8) is 0 Å². The van der Waals surface area contributed by atoms with Crippen LogP contribution in [0.1, 0.15) is 44.6 Å². The van der Waals surface area contributed by atoms with Gasteiger partial charge >= 0.3 is 0 Å². The highest BCUT2D eigenvalue weighted by molar-refractivity contribution is 7.91. The van der Waals surface area contributed by atoms with Crippen LogP contribution >= 0.6 is 0 Å². The fourth-order valence-corrected chi connectivity index (χ4v) is 5.46. The number of carbonyl (C=O) groups excluding carboxylic acids is 1. The van der Waals surface area contributed by atoms with Crippen LogP contribution in [0.5, 0.6) is 0 Å². The van der Waals surface area contributed by atoms with E-state index in [9.17, 15) is 13.2 Å². The smallest absolute Gasteiger partial charge is 0.230 e. The molecular formula is C19H27NO3S. The van der Waals surface area contributed by atoms with Gasteiger partial charge in [-0.15, -0.1) is 0 Å². The predicted molar refractivity (Wildman–Crippen MR) is 96.9 cm³/mol. The average Bonchev–Trinajstić information content (AvgIpc) is 3.29. The Balaban J connectivity index is 1.62. The van der Waals surface area contributed by atoms with Crippen LogP contribution in [0.2, 0.25) is 0 Å². The van der Waals surface area contributed by atoms with Gasteiger partial charge in [0, 0.05) is 18.7 Å². The Morgan fingerprint density at radius 2 is 1.83 bits per heavy atom. The van der Waals surface area contributed by atoms with E-state index in [0.29, 0.717) is 12.8 Å². The van der Waals surface area contributed by atoms with Crippen LogP contribution < -0.4 is 4.90 Å². The number of amides is 1. The van der Waals surface area contributed by atoms with Crippen LogP contribution in [-0.4, -0.2) is 32.9 Å². The predicted octanol–water partition coefficient (Wildman–Crippen LogP) is 3.21. The van der Waals surface area contributed by atoms with Gasteiger partial charge in [-0.2, -0.15) is 0 Å². The molecule has 1 spiro atoms. The van der Waals surface area contributed by atoms with Crippen LogP contribution in [0.4, 0.5) is 5.69 Å². The van der Waals surface area contributed by atoms with E-state index < -0.39 is 9.84 Å². The summed E-state index contributed by atoms with van der Waals surface area (Å²) in [4.78, 5) is 14.5. The van der Waals surface area contributed by atoms with Crippen molar-refractivity contribution >= 4 is 21.4 Å². The Bertz CT molecular complexity index is 695. The number of nitrogens with zero attached hydrogens (tertiary/aromatic N) is 1. The minimum Gasteiger partial charge on any atom is -0.315 e. The summed E-state index contributed by atoms with van der Waals surface area (Å²) in [6.07, 6.45) is 5.58. The molecule has 1 aliphatic heterocycles. The van der Waals surface area contributed by atoms with Crippen LogP contribution in [0.3, 0.4) is 0 Å². The van der Waals surface area contributed by atoms with Crippen molar-refractivity contribution in [3.05, 3.63) is 29.8 Å². The number of carbonyl (C=O) groups is 1. The van der Waals surface area contributed by atoms with Crippen molar-refractivity contribution in [2.45, 2.75) is 45.4 Å². The quantitative estimate of drug-likeness (QED) is 0.820. The summed E-state index contributed by atoms with van der Waals surface area (Å²) in [5.74, 6) is 0.618. The van der Waals surface area contributed by atoms with Crippen LogP contribution in [-0.2, 0) is 21.1 Å². The maximum absolute atomic E-state index is 12.8. The first kappa shape index (κ1) is 17.5. The van der Waals surface area contributed by atoms with Crippen molar-refractivity contribution in [2.24, 2.45) is 11.3 Å². The van der Waals surface area contributed by atoms with Gasteiger partial charge in [-0.1, -0.05) is 25.5 Å². The molecule has 1 amide bonds. The SMILES string of the molecule is CCCCc1ccc(N(C)C(=O)[C@@H]2CC23CCS(=O)(=O)CC3)cc1. The lowest BCUT2D eigenvalue weighted by Crippen LogP contribution is -2.33. The van der Waals surface area contributed by atoms with Gasteiger partial charge < -0.3 is 4.90 Å². The number of hydrogen-bond acceptors (Lipinski definition) is 3. The fraction of sp³-hybridized carbons (Fsp3) is 0.632. The molecule has 24 heavy (non-hydrogen) atoms. The van der Waals surface area contributed by atoms with E-state index in [1.165, 1.54) is 18.4 Å². The molecule has 5 heteroatoms. The summed E-state index contributed by atoms with van der Waals surface area (Å²) in [5.41, 5.74) is 2.19. The largest absolute Gasteiger partial charge is 0.315 e. The van der Waals surface area contributed by atoms with E-state index in [1.807, 2.05) is 19.2 Å². The van der Waals surface area contributed by atoms with Crippen molar-refractivity contribution in [1.29, 1.82) is 0 Å². The Morgan fingerprint density at radius 3 is 2.42 bits per heavy atom. The monoisotopic (exact) mass is 349 g/mol. The number of hydrogen-bond donors (Lipinski definition) is 0. The third-order valence-corrected chi connectivity index (χ3v) is 7.44. The molecule has 1 aliphatic carbocycles. The highest BCUT2D eigenvalue weighted by Crippen LogP contribution is 2.60. The number of anilines is 1. The number of rotatable bonds is 5. The topological polar surface area (TPSA) is 54.5 Å². The van der Waals surface area contributed by atoms with E-state index in [-0.39, 0.29) is 28.7 Å². The second-order valence-corrected chi connectivity index (χ2v) is 9.74. The van der Waals surface area contributed by atoms with Crippen LogP contribution in [0, 0.1) is 11.3 Å². The van der Waals surface area contributed by atoms with Crippen molar-refractivity contribution < 1.29 is 13.2 Å². The molecule has 1 aromatic rings. The molecule has 4 nitrogen and oxygen atoms in total. The Kier molecular flexibility index (Phi) is 4.73. The number of aryl methyl sites for hydroxylation is 1.